The average Bonchev–Trinajstić information content (AvgIpc) is 3.12. The summed E-state index contributed by atoms with van der Waals surface area (Å²) in [6, 6.07) is 11.3. The second kappa shape index (κ2) is 8.79. The van der Waals surface area contributed by atoms with Gasteiger partial charge in [0.2, 0.25) is 0 Å². The van der Waals surface area contributed by atoms with E-state index < -0.39 is 0 Å². The minimum atomic E-state index is -0.0533. The van der Waals surface area contributed by atoms with Crippen molar-refractivity contribution in [3.8, 4) is 0 Å². The summed E-state index contributed by atoms with van der Waals surface area (Å²) < 4.78 is 6.54. The van der Waals surface area contributed by atoms with Crippen molar-refractivity contribution < 1.29 is 9.53 Å². The largest absolute Gasteiger partial charge is 0.379 e. The molecule has 0 unspecified atom stereocenters. The molecular formula is C22H24ClN3O2S. The third-order valence-corrected chi connectivity index (χ3v) is 6.60. The Morgan fingerprint density at radius 3 is 2.59 bits per heavy atom. The van der Waals surface area contributed by atoms with Crippen molar-refractivity contribution in [1.82, 2.24) is 9.88 Å². The Bertz CT molecular complexity index is 974. The first kappa shape index (κ1) is 20.3. The van der Waals surface area contributed by atoms with Gasteiger partial charge in [-0.2, -0.15) is 0 Å². The Morgan fingerprint density at radius 2 is 1.86 bits per heavy atom. The summed E-state index contributed by atoms with van der Waals surface area (Å²) in [6.45, 7) is 8.82. The Kier molecular flexibility index (Phi) is 6.15. The number of rotatable bonds is 5. The molecule has 29 heavy (non-hydrogen) atoms. The molecule has 0 saturated carbocycles. The number of amides is 1. The normalized spacial score (nSPS) is 15.0. The molecule has 0 N–H and O–H groups in total. The van der Waals surface area contributed by atoms with E-state index in [1.54, 1.807) is 40.5 Å². The highest BCUT2D eigenvalue weighted by molar-refractivity contribution is 7.22. The van der Waals surface area contributed by atoms with Crippen LogP contribution in [0.1, 0.15) is 21.5 Å². The predicted octanol–water partition coefficient (Wildman–Crippen LogP) is 4.55. The quantitative estimate of drug-likeness (QED) is 0.597. The molecule has 0 radical (unpaired) electrons. The standard InChI is InChI=1S/C22H24ClN3O2S/c1-15-13-19-20(14-16(15)2)29-22(24-19)26(8-7-25-9-11-28-12-10-25)21(27)17-3-5-18(23)6-4-17/h3-6,13-14H,7-12H2,1-2H3. The maximum absolute atomic E-state index is 13.3. The number of fused-ring (bicyclic) bond motifs is 1. The molecule has 1 amide bonds. The van der Waals surface area contributed by atoms with Crippen LogP contribution in [0, 0.1) is 13.8 Å². The van der Waals surface area contributed by atoms with Crippen LogP contribution in [-0.2, 0) is 4.74 Å². The first-order chi connectivity index (χ1) is 14.0. The van der Waals surface area contributed by atoms with E-state index in [-0.39, 0.29) is 5.91 Å². The highest BCUT2D eigenvalue weighted by Gasteiger charge is 2.23. The maximum Gasteiger partial charge on any atom is 0.260 e. The van der Waals surface area contributed by atoms with Gasteiger partial charge in [0.25, 0.3) is 5.91 Å². The molecular weight excluding hydrogens is 406 g/mol. The van der Waals surface area contributed by atoms with E-state index in [2.05, 4.69) is 30.9 Å². The molecule has 1 saturated heterocycles. The first-order valence-corrected chi connectivity index (χ1v) is 11.0. The summed E-state index contributed by atoms with van der Waals surface area (Å²) in [5.74, 6) is -0.0533. The van der Waals surface area contributed by atoms with E-state index in [4.69, 9.17) is 21.3 Å². The van der Waals surface area contributed by atoms with E-state index >= 15 is 0 Å². The molecule has 1 fully saturated rings. The van der Waals surface area contributed by atoms with Crippen molar-refractivity contribution >= 4 is 44.2 Å². The average molecular weight is 430 g/mol. The summed E-state index contributed by atoms with van der Waals surface area (Å²) in [4.78, 5) is 22.3. The second-order valence-corrected chi connectivity index (χ2v) is 8.76. The molecule has 0 aliphatic carbocycles. The van der Waals surface area contributed by atoms with Crippen LogP contribution in [-0.4, -0.2) is 55.2 Å². The summed E-state index contributed by atoms with van der Waals surface area (Å²) in [5.41, 5.74) is 3.99. The number of thiazole rings is 1. The van der Waals surface area contributed by atoms with Crippen LogP contribution in [0.3, 0.4) is 0 Å². The Labute approximate surface area is 179 Å². The van der Waals surface area contributed by atoms with Gasteiger partial charge >= 0.3 is 0 Å². The molecule has 0 bridgehead atoms. The van der Waals surface area contributed by atoms with Crippen LogP contribution in [0.15, 0.2) is 36.4 Å². The predicted molar refractivity (Wildman–Crippen MR) is 119 cm³/mol. The number of halogens is 1. The smallest absolute Gasteiger partial charge is 0.260 e. The summed E-state index contributed by atoms with van der Waals surface area (Å²) in [6.07, 6.45) is 0. The molecule has 1 aromatic heterocycles. The van der Waals surface area contributed by atoms with Gasteiger partial charge in [-0.15, -0.1) is 0 Å². The third-order valence-electron chi connectivity index (χ3n) is 5.30. The minimum absolute atomic E-state index is 0.0533. The summed E-state index contributed by atoms with van der Waals surface area (Å²) >= 11 is 7.57. The van der Waals surface area contributed by atoms with Crippen molar-refractivity contribution in [2.45, 2.75) is 13.8 Å². The zero-order chi connectivity index (χ0) is 20.4. The topological polar surface area (TPSA) is 45.7 Å². The molecule has 3 aromatic rings. The first-order valence-electron chi connectivity index (χ1n) is 9.76. The van der Waals surface area contributed by atoms with Crippen molar-refractivity contribution in [2.75, 3.05) is 44.3 Å². The second-order valence-electron chi connectivity index (χ2n) is 7.32. The van der Waals surface area contributed by atoms with Crippen LogP contribution < -0.4 is 4.90 Å². The van der Waals surface area contributed by atoms with E-state index in [1.165, 1.54) is 11.1 Å². The van der Waals surface area contributed by atoms with Crippen LogP contribution in [0.5, 0.6) is 0 Å². The van der Waals surface area contributed by atoms with Gasteiger partial charge in [0.15, 0.2) is 5.13 Å². The number of hydrogen-bond donors (Lipinski definition) is 0. The lowest BCUT2D eigenvalue weighted by Crippen LogP contribution is -2.43. The van der Waals surface area contributed by atoms with Gasteiger partial charge in [0.05, 0.1) is 23.4 Å². The number of anilines is 1. The highest BCUT2D eigenvalue weighted by atomic mass is 35.5. The monoisotopic (exact) mass is 429 g/mol. The Balaban J connectivity index is 1.64. The zero-order valence-corrected chi connectivity index (χ0v) is 18.2. The van der Waals surface area contributed by atoms with Gasteiger partial charge in [-0.25, -0.2) is 4.98 Å². The number of nitrogens with zero attached hydrogens (tertiary/aromatic N) is 3. The highest BCUT2D eigenvalue weighted by Crippen LogP contribution is 2.31. The van der Waals surface area contributed by atoms with Crippen molar-refractivity contribution in [3.63, 3.8) is 0 Å². The molecule has 152 valence electrons. The number of carbonyl (C=O) groups excluding carboxylic acids is 1. The molecule has 2 heterocycles. The maximum atomic E-state index is 13.3. The van der Waals surface area contributed by atoms with Gasteiger partial charge in [-0.3, -0.25) is 14.6 Å². The number of benzene rings is 2. The molecule has 1 aliphatic rings. The van der Waals surface area contributed by atoms with Crippen LogP contribution in [0.2, 0.25) is 5.02 Å². The van der Waals surface area contributed by atoms with Crippen molar-refractivity contribution in [2.24, 2.45) is 0 Å². The molecule has 2 aromatic carbocycles. The van der Waals surface area contributed by atoms with Gasteiger partial charge in [-0.1, -0.05) is 22.9 Å². The fourth-order valence-corrected chi connectivity index (χ4v) is 4.58. The molecule has 1 aliphatic heterocycles. The SMILES string of the molecule is Cc1cc2nc(N(CCN3CCOCC3)C(=O)c3ccc(Cl)cc3)sc2cc1C. The van der Waals surface area contributed by atoms with E-state index in [9.17, 15) is 4.79 Å². The van der Waals surface area contributed by atoms with Gasteiger partial charge in [0.1, 0.15) is 0 Å². The number of hydrogen-bond acceptors (Lipinski definition) is 5. The van der Waals surface area contributed by atoms with Crippen LogP contribution in [0.25, 0.3) is 10.2 Å². The number of carbonyl (C=O) groups is 1. The molecule has 5 nitrogen and oxygen atoms in total. The van der Waals surface area contributed by atoms with Crippen LogP contribution in [0.4, 0.5) is 5.13 Å². The molecule has 7 heteroatoms. The molecule has 4 rings (SSSR count). The van der Waals surface area contributed by atoms with Crippen LogP contribution >= 0.6 is 22.9 Å². The zero-order valence-electron chi connectivity index (χ0n) is 16.7. The van der Waals surface area contributed by atoms with Gasteiger partial charge < -0.3 is 4.74 Å². The fraction of sp³-hybridized carbons (Fsp3) is 0.364. The number of ether oxygens (including phenoxy) is 1. The molecule has 0 spiro atoms. The third kappa shape index (κ3) is 4.61. The Morgan fingerprint density at radius 1 is 1.17 bits per heavy atom. The summed E-state index contributed by atoms with van der Waals surface area (Å²) in [5, 5.41) is 1.35. The van der Waals surface area contributed by atoms with E-state index in [0.717, 1.165) is 48.2 Å². The lowest BCUT2D eigenvalue weighted by molar-refractivity contribution is 0.0391. The van der Waals surface area contributed by atoms with Crippen molar-refractivity contribution in [3.05, 3.63) is 58.1 Å². The summed E-state index contributed by atoms with van der Waals surface area (Å²) in [7, 11) is 0. The number of morpholine rings is 1. The van der Waals surface area contributed by atoms with Crippen molar-refractivity contribution in [1.29, 1.82) is 0 Å². The van der Waals surface area contributed by atoms with E-state index in [1.807, 2.05) is 0 Å². The van der Waals surface area contributed by atoms with E-state index in [0.29, 0.717) is 17.1 Å². The lowest BCUT2D eigenvalue weighted by atomic mass is 10.1. The minimum Gasteiger partial charge on any atom is -0.379 e. The van der Waals surface area contributed by atoms with Gasteiger partial charge in [0, 0.05) is 36.8 Å². The Hall–Kier alpha value is -1.99. The number of aromatic nitrogens is 1. The van der Waals surface area contributed by atoms with Gasteiger partial charge in [-0.05, 0) is 61.4 Å². The fourth-order valence-electron chi connectivity index (χ4n) is 3.38. The number of aryl methyl sites for hydroxylation is 2. The molecule has 0 atom stereocenters. The lowest BCUT2D eigenvalue weighted by Gasteiger charge is -2.29.